The van der Waals surface area contributed by atoms with Gasteiger partial charge >= 0.3 is 10.4 Å². The fourth-order valence-corrected chi connectivity index (χ4v) is 16.0. The van der Waals surface area contributed by atoms with Gasteiger partial charge in [0.1, 0.15) is 61.0 Å². The van der Waals surface area contributed by atoms with Gasteiger partial charge in [0.15, 0.2) is 24.7 Å². The highest BCUT2D eigenvalue weighted by molar-refractivity contribution is 7.80. The van der Waals surface area contributed by atoms with E-state index in [1.165, 1.54) is 0 Å². The van der Waals surface area contributed by atoms with Gasteiger partial charge in [-0.3, -0.25) is 4.55 Å². The Balaban J connectivity index is 0.965. The lowest BCUT2D eigenvalue weighted by Crippen LogP contribution is -2.68. The van der Waals surface area contributed by atoms with Crippen molar-refractivity contribution in [3.05, 3.63) is 11.6 Å². The maximum Gasteiger partial charge on any atom is 0.397 e. The van der Waals surface area contributed by atoms with Crippen LogP contribution < -0.4 is 0 Å². The standard InChI is InChI=1S/C46H74O20S/c1-21(2)14-22-16-59-46-19-45(20-60-46)23(37(46)44(22,7)54)8-9-28-42(5)12-11-29(41(3,4)27(42)10-13-43(28,45)6)64-40-36(66-38-33(52)30(49)25(15-47)62-38)35(24(48)17-58-40)65-39-34(53)32(51)31(50)26(63-39)18-61-67(55,56)57/h14,22-40,47-54H,8-13,15-20H2,1-7H3,(H,55,56,57)/t22-,23-,24+,25+,26-,27+,28-,29+,30+,31-,32+,33-,34-,35+,36-,37+,38+,39+,40+,42+,43-,44+,45+,46?/m1/s1. The molecule has 1 unspecified atom stereocenters. The lowest BCUT2D eigenvalue weighted by molar-refractivity contribution is -0.375. The zero-order valence-corrected chi connectivity index (χ0v) is 40.3. The number of hydrogen-bond donors (Lipinski definition) is 9. The summed E-state index contributed by atoms with van der Waals surface area (Å²) in [5.74, 6) is -0.349. The second kappa shape index (κ2) is 17.6. The molecule has 5 saturated heterocycles. The van der Waals surface area contributed by atoms with Gasteiger partial charge in [-0.25, -0.2) is 4.18 Å². The van der Waals surface area contributed by atoms with Crippen LogP contribution in [0.1, 0.15) is 93.4 Å². The Morgan fingerprint density at radius 3 is 2.06 bits per heavy atom. The van der Waals surface area contributed by atoms with Crippen LogP contribution >= 0.6 is 0 Å². The molecule has 0 aromatic rings. The maximum absolute atomic E-state index is 12.4. The van der Waals surface area contributed by atoms with Gasteiger partial charge < -0.3 is 78.7 Å². The van der Waals surface area contributed by atoms with Crippen LogP contribution in [-0.4, -0.2) is 184 Å². The highest BCUT2D eigenvalue weighted by Gasteiger charge is 2.81. The molecule has 5 heterocycles. The van der Waals surface area contributed by atoms with E-state index in [2.05, 4.69) is 51.8 Å². The quantitative estimate of drug-likeness (QED) is 0.0764. The molecule has 9 fully saturated rings. The van der Waals surface area contributed by atoms with Gasteiger partial charge in [-0.1, -0.05) is 39.3 Å². The van der Waals surface area contributed by atoms with E-state index in [9.17, 15) is 49.3 Å². The summed E-state index contributed by atoms with van der Waals surface area (Å²) in [6.45, 7) is 14.4. The Bertz CT molecular complexity index is 1970. The van der Waals surface area contributed by atoms with Gasteiger partial charge in [0.05, 0.1) is 44.7 Å². The Kier molecular flexibility index (Phi) is 13.4. The Hall–Kier alpha value is -1.03. The fourth-order valence-electron chi connectivity index (χ4n) is 15.7. The van der Waals surface area contributed by atoms with E-state index in [4.69, 9.17) is 42.4 Å². The maximum atomic E-state index is 12.4. The summed E-state index contributed by atoms with van der Waals surface area (Å²) in [5, 5.41) is 87.7. The van der Waals surface area contributed by atoms with Crippen LogP contribution in [0.3, 0.4) is 0 Å². The molecule has 2 spiro atoms. The Morgan fingerprint density at radius 1 is 0.746 bits per heavy atom. The molecule has 21 heteroatoms. The summed E-state index contributed by atoms with van der Waals surface area (Å²) in [6, 6.07) is 0. The zero-order chi connectivity index (χ0) is 48.6. The van der Waals surface area contributed by atoms with Crippen molar-refractivity contribution in [2.75, 3.05) is 33.0 Å². The van der Waals surface area contributed by atoms with Crippen LogP contribution in [0.4, 0.5) is 0 Å². The molecule has 9 aliphatic rings. The minimum Gasteiger partial charge on any atom is -0.394 e. The van der Waals surface area contributed by atoms with Crippen LogP contribution in [0, 0.1) is 51.2 Å². The van der Waals surface area contributed by atoms with Gasteiger partial charge in [0.2, 0.25) is 0 Å². The highest BCUT2D eigenvalue weighted by Crippen LogP contribution is 2.80. The van der Waals surface area contributed by atoms with Crippen molar-refractivity contribution < 1.29 is 95.9 Å². The zero-order valence-electron chi connectivity index (χ0n) is 39.5. The van der Waals surface area contributed by atoms with E-state index in [1.807, 2.05) is 6.92 Å². The number of fused-ring (bicyclic) bond motifs is 4. The SMILES string of the molecule is CC(C)=C[C@@H]1COC23C[C@]4(CO2)[C@H](CC[C@@H]2[C@@]5(C)CC[C@H](O[C@@H]6OC[C@H](O)[C@H](O[C@@H]7O[C@H](COS(=O)(=O)O)[C@@H](O)[C@H](O)[C@H]7O)[C@H]6O[C@@H]6O[C@@H](CO)[C@H](O)[C@H]6O)C(C)(C)[C@@H]5CC[C@]24C)[C@H]3[C@@]1(C)O. The first-order valence-electron chi connectivity index (χ1n) is 24.1. The largest absolute Gasteiger partial charge is 0.397 e. The number of aliphatic hydroxyl groups excluding tert-OH is 7. The van der Waals surface area contributed by atoms with Crippen LogP contribution in [0.2, 0.25) is 0 Å². The predicted octanol–water partition coefficient (Wildman–Crippen LogP) is 0.290. The van der Waals surface area contributed by atoms with E-state index < -0.39 is 126 Å². The molecule has 4 aliphatic carbocycles. The van der Waals surface area contributed by atoms with E-state index in [-0.39, 0.29) is 46.5 Å². The second-order valence-corrected chi connectivity index (χ2v) is 24.0. The number of rotatable bonds is 11. The van der Waals surface area contributed by atoms with Crippen LogP contribution in [0.5, 0.6) is 0 Å². The number of hydrogen-bond acceptors (Lipinski definition) is 19. The Labute approximate surface area is 392 Å². The molecular formula is C46H74O20S. The van der Waals surface area contributed by atoms with Gasteiger partial charge in [-0.05, 0) is 93.3 Å². The van der Waals surface area contributed by atoms with Crippen LogP contribution in [0.15, 0.2) is 11.6 Å². The Morgan fingerprint density at radius 2 is 1.40 bits per heavy atom. The summed E-state index contributed by atoms with van der Waals surface area (Å²) in [6.07, 6.45) is -13.6. The average Bonchev–Trinajstić information content (AvgIpc) is 3.88. The fraction of sp³-hybridized carbons (Fsp3) is 0.957. The molecule has 0 radical (unpaired) electrons. The molecule has 2 bridgehead atoms. The van der Waals surface area contributed by atoms with Crippen molar-refractivity contribution >= 4 is 10.4 Å². The molecule has 67 heavy (non-hydrogen) atoms. The molecule has 384 valence electrons. The van der Waals surface area contributed by atoms with E-state index >= 15 is 0 Å². The number of aliphatic hydroxyl groups is 8. The summed E-state index contributed by atoms with van der Waals surface area (Å²) >= 11 is 0. The van der Waals surface area contributed by atoms with Gasteiger partial charge in [0.25, 0.3) is 0 Å². The normalized spacial score (nSPS) is 54.7. The molecule has 9 N–H and O–H groups in total. The third kappa shape index (κ3) is 8.04. The van der Waals surface area contributed by atoms with Crippen molar-refractivity contribution in [1.29, 1.82) is 0 Å². The minimum absolute atomic E-state index is 0.102. The first kappa shape index (κ1) is 50.9. The van der Waals surface area contributed by atoms with Gasteiger partial charge in [0, 0.05) is 23.7 Å². The molecule has 0 aromatic heterocycles. The van der Waals surface area contributed by atoms with Gasteiger partial charge in [-0.15, -0.1) is 0 Å². The first-order chi connectivity index (χ1) is 31.2. The molecule has 0 aromatic carbocycles. The predicted molar refractivity (Wildman–Crippen MR) is 229 cm³/mol. The summed E-state index contributed by atoms with van der Waals surface area (Å²) in [7, 11) is -5.01. The van der Waals surface area contributed by atoms with Crippen molar-refractivity contribution in [3.8, 4) is 0 Å². The molecule has 5 aliphatic heterocycles. The summed E-state index contributed by atoms with van der Waals surface area (Å²) in [4.78, 5) is 0. The van der Waals surface area contributed by atoms with E-state index in [1.54, 1.807) is 0 Å². The third-order valence-corrected chi connectivity index (χ3v) is 19.3. The monoisotopic (exact) mass is 978 g/mol. The molecule has 0 amide bonds. The first-order valence-corrected chi connectivity index (χ1v) is 25.5. The average molecular weight is 979 g/mol. The number of allylic oxidation sites excluding steroid dienone is 1. The highest BCUT2D eigenvalue weighted by atomic mass is 32.3. The second-order valence-electron chi connectivity index (χ2n) is 22.9. The summed E-state index contributed by atoms with van der Waals surface area (Å²) < 4.78 is 86.6. The van der Waals surface area contributed by atoms with E-state index in [0.29, 0.717) is 25.6 Å². The lowest BCUT2D eigenvalue weighted by atomic mass is 9.35. The molecule has 9 rings (SSSR count). The smallest absolute Gasteiger partial charge is 0.394 e. The van der Waals surface area contributed by atoms with Gasteiger partial charge in [-0.2, -0.15) is 8.42 Å². The number of ether oxygens (including phenoxy) is 8. The third-order valence-electron chi connectivity index (χ3n) is 18.9. The van der Waals surface area contributed by atoms with Crippen molar-refractivity contribution in [2.24, 2.45) is 51.2 Å². The van der Waals surface area contributed by atoms with Crippen molar-refractivity contribution in [3.63, 3.8) is 0 Å². The molecule has 4 saturated carbocycles. The lowest BCUT2D eigenvalue weighted by Gasteiger charge is -2.70. The molecule has 20 nitrogen and oxygen atoms in total. The molecular weight excluding hydrogens is 905 g/mol. The van der Waals surface area contributed by atoms with Crippen molar-refractivity contribution in [1.82, 2.24) is 0 Å². The van der Waals surface area contributed by atoms with Crippen LogP contribution in [0.25, 0.3) is 0 Å². The summed E-state index contributed by atoms with van der Waals surface area (Å²) in [5.41, 5.74) is -0.718. The molecule has 24 atom stereocenters. The topological polar surface area (TPSA) is 299 Å². The van der Waals surface area contributed by atoms with Crippen LogP contribution in [-0.2, 0) is 52.5 Å². The minimum atomic E-state index is -5.01. The van der Waals surface area contributed by atoms with E-state index in [0.717, 1.165) is 44.1 Å². The van der Waals surface area contributed by atoms with Crippen molar-refractivity contribution in [2.45, 2.75) is 191 Å².